The predicted octanol–water partition coefficient (Wildman–Crippen LogP) is 3.56. The third-order valence-electron chi connectivity index (χ3n) is 5.24. The van der Waals surface area contributed by atoms with Crippen LogP contribution in [0.1, 0.15) is 26.7 Å². The minimum atomic E-state index is -0.807. The third-order valence-corrected chi connectivity index (χ3v) is 5.24. The average molecular weight is 380 g/mol. The second kappa shape index (κ2) is 7.64. The molecule has 6 nitrogen and oxygen atoms in total. The predicted molar refractivity (Wildman–Crippen MR) is 106 cm³/mol. The summed E-state index contributed by atoms with van der Waals surface area (Å²) in [7, 11) is 0. The molecule has 0 unspecified atom stereocenters. The van der Waals surface area contributed by atoms with Crippen molar-refractivity contribution in [2.45, 2.75) is 38.8 Å². The van der Waals surface area contributed by atoms with Gasteiger partial charge in [0, 0.05) is 0 Å². The molecular weight excluding hydrogens is 356 g/mol. The highest BCUT2D eigenvalue weighted by atomic mass is 16.7. The van der Waals surface area contributed by atoms with Crippen LogP contribution in [0.5, 0.6) is 5.75 Å². The quantitative estimate of drug-likeness (QED) is 0.717. The van der Waals surface area contributed by atoms with Crippen molar-refractivity contribution >= 4 is 23.2 Å². The number of carbonyl (C=O) groups is 2. The molecule has 2 aromatic carbocycles. The van der Waals surface area contributed by atoms with Crippen LogP contribution in [0.2, 0.25) is 0 Å². The highest BCUT2D eigenvalue weighted by Gasteiger charge is 2.59. The molecule has 0 spiro atoms. The number of anilines is 2. The Kier molecular flexibility index (Phi) is 5.05. The molecule has 0 saturated carbocycles. The van der Waals surface area contributed by atoms with Crippen molar-refractivity contribution in [3.05, 3.63) is 54.6 Å². The molecule has 28 heavy (non-hydrogen) atoms. The monoisotopic (exact) mass is 380 g/mol. The first-order chi connectivity index (χ1) is 13.7. The normalized spacial score (nSPS) is 24.0. The maximum Gasteiger partial charge on any atom is 0.266 e. The molecule has 0 aliphatic carbocycles. The van der Waals surface area contributed by atoms with Crippen LogP contribution in [0, 0.1) is 5.92 Å². The Balaban J connectivity index is 1.69. The van der Waals surface area contributed by atoms with Gasteiger partial charge in [0.2, 0.25) is 5.91 Å². The van der Waals surface area contributed by atoms with Crippen molar-refractivity contribution in [3.63, 3.8) is 0 Å². The first-order valence-electron chi connectivity index (χ1n) is 9.78. The van der Waals surface area contributed by atoms with Crippen LogP contribution in [0.3, 0.4) is 0 Å². The largest absolute Gasteiger partial charge is 0.492 e. The van der Waals surface area contributed by atoms with Gasteiger partial charge in [0.05, 0.1) is 29.9 Å². The van der Waals surface area contributed by atoms with Crippen molar-refractivity contribution in [1.82, 2.24) is 0 Å². The van der Waals surface area contributed by atoms with Gasteiger partial charge >= 0.3 is 0 Å². The van der Waals surface area contributed by atoms with Crippen LogP contribution >= 0.6 is 0 Å². The molecule has 2 saturated heterocycles. The zero-order valence-electron chi connectivity index (χ0n) is 16.1. The van der Waals surface area contributed by atoms with E-state index < -0.39 is 12.0 Å². The molecule has 0 aromatic heterocycles. The van der Waals surface area contributed by atoms with Crippen molar-refractivity contribution in [2.24, 2.45) is 5.92 Å². The average Bonchev–Trinajstić information content (AvgIpc) is 3.20. The molecule has 3 atom stereocenters. The maximum absolute atomic E-state index is 13.4. The highest BCUT2D eigenvalue weighted by molar-refractivity contribution is 6.24. The van der Waals surface area contributed by atoms with Gasteiger partial charge in [0.15, 0.2) is 6.10 Å². The smallest absolute Gasteiger partial charge is 0.266 e. The second-order valence-corrected chi connectivity index (χ2v) is 6.98. The van der Waals surface area contributed by atoms with Gasteiger partial charge < -0.3 is 4.74 Å². The van der Waals surface area contributed by atoms with Crippen LogP contribution < -0.4 is 14.7 Å². The van der Waals surface area contributed by atoms with Crippen LogP contribution in [-0.4, -0.2) is 30.6 Å². The number of imide groups is 1. The number of rotatable bonds is 6. The van der Waals surface area contributed by atoms with E-state index in [1.165, 1.54) is 4.90 Å². The Morgan fingerprint density at radius 2 is 1.68 bits per heavy atom. The standard InChI is InChI=1S/C22H24N2O4/c1-3-10-17-19-20(28-24(17)15-11-6-5-7-12-15)22(26)23(21(19)25)16-13-8-9-14-18(16)27-4-2/h5-9,11-14,17,19-20H,3-4,10H2,1-2H3/t17-,19+,20-/m0/s1. The van der Waals surface area contributed by atoms with E-state index in [-0.39, 0.29) is 17.9 Å². The van der Waals surface area contributed by atoms with Crippen molar-refractivity contribution < 1.29 is 19.2 Å². The van der Waals surface area contributed by atoms with Crippen molar-refractivity contribution in [1.29, 1.82) is 0 Å². The lowest BCUT2D eigenvalue weighted by Crippen LogP contribution is -2.40. The Hall–Kier alpha value is -2.86. The van der Waals surface area contributed by atoms with E-state index in [0.29, 0.717) is 18.0 Å². The first kappa shape index (κ1) is 18.5. The molecule has 0 radical (unpaired) electrons. The number of ether oxygens (including phenoxy) is 1. The number of carbonyl (C=O) groups excluding carboxylic acids is 2. The summed E-state index contributed by atoms with van der Waals surface area (Å²) in [5.41, 5.74) is 1.34. The number of hydrogen-bond acceptors (Lipinski definition) is 5. The topological polar surface area (TPSA) is 59.1 Å². The zero-order valence-corrected chi connectivity index (χ0v) is 16.1. The number of hydroxylamine groups is 1. The van der Waals surface area contributed by atoms with E-state index in [1.807, 2.05) is 43.3 Å². The number of benzene rings is 2. The van der Waals surface area contributed by atoms with Gasteiger partial charge in [0.25, 0.3) is 5.91 Å². The Morgan fingerprint density at radius 1 is 0.964 bits per heavy atom. The fourth-order valence-corrected chi connectivity index (χ4v) is 4.07. The Bertz CT molecular complexity index is 870. The Labute approximate surface area is 164 Å². The van der Waals surface area contributed by atoms with E-state index in [0.717, 1.165) is 18.5 Å². The fraction of sp³-hybridized carbons (Fsp3) is 0.364. The summed E-state index contributed by atoms with van der Waals surface area (Å²) in [5.74, 6) is -0.554. The summed E-state index contributed by atoms with van der Waals surface area (Å²) >= 11 is 0. The number of hydrogen-bond donors (Lipinski definition) is 0. The molecule has 2 aromatic rings. The fourth-order valence-electron chi connectivity index (χ4n) is 4.07. The van der Waals surface area contributed by atoms with Crippen LogP contribution in [0.15, 0.2) is 54.6 Å². The van der Waals surface area contributed by atoms with E-state index in [2.05, 4.69) is 6.92 Å². The maximum atomic E-state index is 13.4. The SMILES string of the molecule is CCC[C@H]1[C@H]2C(=O)N(c3ccccc3OCC)C(=O)[C@H]2ON1c1ccccc1. The molecule has 2 aliphatic rings. The molecule has 146 valence electrons. The van der Waals surface area contributed by atoms with Gasteiger partial charge in [-0.05, 0) is 37.6 Å². The Morgan fingerprint density at radius 3 is 2.39 bits per heavy atom. The lowest BCUT2D eigenvalue weighted by Gasteiger charge is -2.28. The number of para-hydroxylation sites is 3. The van der Waals surface area contributed by atoms with Gasteiger partial charge in [0.1, 0.15) is 5.75 Å². The van der Waals surface area contributed by atoms with Crippen molar-refractivity contribution in [3.8, 4) is 5.75 Å². The molecular formula is C22H24N2O4. The zero-order chi connectivity index (χ0) is 19.7. The summed E-state index contributed by atoms with van der Waals surface area (Å²) in [4.78, 5) is 33.8. The third kappa shape index (κ3) is 2.94. The molecule has 6 heteroatoms. The molecule has 4 rings (SSSR count). The number of nitrogens with zero attached hydrogens (tertiary/aromatic N) is 2. The van der Waals surface area contributed by atoms with E-state index in [9.17, 15) is 9.59 Å². The first-order valence-corrected chi connectivity index (χ1v) is 9.78. The van der Waals surface area contributed by atoms with Gasteiger partial charge in [-0.2, -0.15) is 0 Å². The minimum absolute atomic E-state index is 0.182. The second-order valence-electron chi connectivity index (χ2n) is 6.98. The van der Waals surface area contributed by atoms with E-state index in [1.54, 1.807) is 23.3 Å². The van der Waals surface area contributed by atoms with Crippen molar-refractivity contribution in [2.75, 3.05) is 16.6 Å². The molecule has 0 N–H and O–H groups in total. The van der Waals surface area contributed by atoms with Gasteiger partial charge in [-0.25, -0.2) is 9.96 Å². The molecule has 0 bridgehead atoms. The van der Waals surface area contributed by atoms with Crippen LogP contribution in [0.25, 0.3) is 0 Å². The molecule has 2 fully saturated rings. The lowest BCUT2D eigenvalue weighted by atomic mass is 9.93. The van der Waals surface area contributed by atoms with Gasteiger partial charge in [-0.1, -0.05) is 43.7 Å². The van der Waals surface area contributed by atoms with E-state index >= 15 is 0 Å². The summed E-state index contributed by atoms with van der Waals surface area (Å²) in [5, 5.41) is 1.75. The summed E-state index contributed by atoms with van der Waals surface area (Å²) < 4.78 is 5.64. The number of fused-ring (bicyclic) bond motifs is 1. The summed E-state index contributed by atoms with van der Waals surface area (Å²) in [6.07, 6.45) is 0.840. The van der Waals surface area contributed by atoms with Gasteiger partial charge in [-0.3, -0.25) is 14.4 Å². The minimum Gasteiger partial charge on any atom is -0.492 e. The highest BCUT2D eigenvalue weighted by Crippen LogP contribution is 2.43. The van der Waals surface area contributed by atoms with E-state index in [4.69, 9.17) is 9.57 Å². The molecule has 2 amide bonds. The van der Waals surface area contributed by atoms with Crippen LogP contribution in [-0.2, 0) is 14.4 Å². The summed E-state index contributed by atoms with van der Waals surface area (Å²) in [6.45, 7) is 4.40. The lowest BCUT2D eigenvalue weighted by molar-refractivity contribution is -0.126. The van der Waals surface area contributed by atoms with Crippen LogP contribution in [0.4, 0.5) is 11.4 Å². The molecule has 2 heterocycles. The van der Waals surface area contributed by atoms with Gasteiger partial charge in [-0.15, -0.1) is 0 Å². The molecule has 2 aliphatic heterocycles. The number of amides is 2. The summed E-state index contributed by atoms with van der Waals surface area (Å²) in [6, 6.07) is 16.6.